The molecule has 0 spiro atoms. The van der Waals surface area contributed by atoms with Crippen LogP contribution in [0, 0.1) is 11.8 Å². The number of benzene rings is 1. The summed E-state index contributed by atoms with van der Waals surface area (Å²) in [4.78, 5) is 17.3. The van der Waals surface area contributed by atoms with Crippen LogP contribution in [0.3, 0.4) is 0 Å². The molecule has 2 N–H and O–H groups in total. The van der Waals surface area contributed by atoms with Crippen LogP contribution in [0.2, 0.25) is 0 Å². The minimum atomic E-state index is -0.305. The Morgan fingerprint density at radius 2 is 2.07 bits per heavy atom. The number of aromatic nitrogens is 2. The molecule has 1 aromatic carbocycles. The Morgan fingerprint density at radius 1 is 1.29 bits per heavy atom. The largest absolute Gasteiger partial charge is 0.393 e. The molecule has 1 atom stereocenters. The summed E-state index contributed by atoms with van der Waals surface area (Å²) >= 11 is 0. The number of carbonyl (C=O) groups excluding carboxylic acids is 1. The third-order valence-electron chi connectivity index (χ3n) is 5.28. The highest BCUT2D eigenvalue weighted by molar-refractivity contribution is 5.91. The van der Waals surface area contributed by atoms with E-state index in [4.69, 9.17) is 4.52 Å². The molecule has 146 valence electrons. The van der Waals surface area contributed by atoms with Gasteiger partial charge < -0.3 is 14.9 Å². The van der Waals surface area contributed by atoms with E-state index in [0.29, 0.717) is 18.8 Å². The second-order valence-electron chi connectivity index (χ2n) is 8.08. The number of aliphatic hydroxyl groups excluding tert-OH is 1. The van der Waals surface area contributed by atoms with Gasteiger partial charge in [-0.1, -0.05) is 37.2 Å². The first kappa shape index (κ1) is 18.6. The fraction of sp³-hybridized carbons (Fsp3) is 0.409. The molecule has 2 heterocycles. The van der Waals surface area contributed by atoms with E-state index in [1.165, 1.54) is 0 Å². The van der Waals surface area contributed by atoms with Gasteiger partial charge in [-0.2, -0.15) is 0 Å². The zero-order valence-corrected chi connectivity index (χ0v) is 16.1. The maximum Gasteiger partial charge on any atom is 0.290 e. The predicted molar refractivity (Wildman–Crippen MR) is 106 cm³/mol. The van der Waals surface area contributed by atoms with Crippen molar-refractivity contribution in [2.24, 2.45) is 11.8 Å². The number of para-hydroxylation sites is 1. The van der Waals surface area contributed by atoms with Crippen LogP contribution in [-0.4, -0.2) is 27.3 Å². The van der Waals surface area contributed by atoms with Crippen LogP contribution in [0.15, 0.2) is 47.1 Å². The zero-order valence-electron chi connectivity index (χ0n) is 16.1. The summed E-state index contributed by atoms with van der Waals surface area (Å²) in [7, 11) is 0. The van der Waals surface area contributed by atoms with Gasteiger partial charge in [0.25, 0.3) is 5.91 Å². The van der Waals surface area contributed by atoms with E-state index in [1.807, 2.05) is 30.5 Å². The van der Waals surface area contributed by atoms with Crippen LogP contribution >= 0.6 is 0 Å². The highest BCUT2D eigenvalue weighted by atomic mass is 16.5. The number of hydrogen-bond acceptors (Lipinski definition) is 5. The molecule has 0 aliphatic heterocycles. The number of aliphatic hydroxyl groups is 1. The van der Waals surface area contributed by atoms with E-state index in [1.54, 1.807) is 6.07 Å². The molecule has 1 amide bonds. The van der Waals surface area contributed by atoms with Gasteiger partial charge in [0.15, 0.2) is 0 Å². The lowest BCUT2D eigenvalue weighted by atomic mass is 9.75. The molecule has 0 saturated heterocycles. The molecule has 0 radical (unpaired) electrons. The number of rotatable bonds is 6. The van der Waals surface area contributed by atoms with Crippen molar-refractivity contribution in [3.8, 4) is 0 Å². The molecule has 6 nitrogen and oxygen atoms in total. The van der Waals surface area contributed by atoms with Crippen LogP contribution in [0.4, 0.5) is 0 Å². The molecular formula is C22H25N3O3. The van der Waals surface area contributed by atoms with Crippen LogP contribution in [0.1, 0.15) is 54.5 Å². The van der Waals surface area contributed by atoms with Crippen LogP contribution < -0.4 is 5.32 Å². The fourth-order valence-electron chi connectivity index (χ4n) is 3.78. The molecule has 6 heteroatoms. The Morgan fingerprint density at radius 3 is 2.82 bits per heavy atom. The smallest absolute Gasteiger partial charge is 0.290 e. The highest BCUT2D eigenvalue weighted by Crippen LogP contribution is 2.38. The SMILES string of the molecule is CC(C)Cc1cc(C(=O)N[C@@H](c2cnc3ccccc3c2)C2CC(O)C2)on1. The van der Waals surface area contributed by atoms with Gasteiger partial charge in [0.2, 0.25) is 5.76 Å². The topological polar surface area (TPSA) is 88.2 Å². The van der Waals surface area contributed by atoms with Gasteiger partial charge in [0.1, 0.15) is 0 Å². The van der Waals surface area contributed by atoms with Crippen molar-refractivity contribution < 1.29 is 14.4 Å². The quantitative estimate of drug-likeness (QED) is 0.682. The molecule has 3 aromatic rings. The van der Waals surface area contributed by atoms with Crippen molar-refractivity contribution in [1.29, 1.82) is 0 Å². The lowest BCUT2D eigenvalue weighted by molar-refractivity contribution is 0.0231. The van der Waals surface area contributed by atoms with Crippen molar-refractivity contribution in [3.05, 3.63) is 59.6 Å². The van der Waals surface area contributed by atoms with E-state index in [9.17, 15) is 9.90 Å². The average Bonchev–Trinajstić information content (AvgIpc) is 3.11. The first-order chi connectivity index (χ1) is 13.5. The maximum atomic E-state index is 12.8. The third kappa shape index (κ3) is 3.92. The Bertz CT molecular complexity index is 976. The normalized spacial score (nSPS) is 20.1. The lowest BCUT2D eigenvalue weighted by Crippen LogP contribution is -2.41. The van der Waals surface area contributed by atoms with Crippen molar-refractivity contribution in [1.82, 2.24) is 15.5 Å². The summed E-state index contributed by atoms with van der Waals surface area (Å²) in [5.41, 5.74) is 2.63. The number of amides is 1. The Kier molecular flexibility index (Phi) is 5.13. The zero-order chi connectivity index (χ0) is 19.7. The minimum absolute atomic E-state index is 0.167. The van der Waals surface area contributed by atoms with Crippen LogP contribution in [-0.2, 0) is 6.42 Å². The predicted octanol–water partition coefficient (Wildman–Crippen LogP) is 3.66. The van der Waals surface area contributed by atoms with E-state index in [-0.39, 0.29) is 29.7 Å². The second kappa shape index (κ2) is 7.72. The van der Waals surface area contributed by atoms with Gasteiger partial charge in [-0.25, -0.2) is 0 Å². The standard InChI is InChI=1S/C22H25N3O3/c1-13(2)7-17-11-20(28-25-17)22(27)24-21(15-9-18(26)10-15)16-8-14-5-3-4-6-19(14)23-12-16/h3-6,8,11-13,15,18,21,26H,7,9-10H2,1-2H3,(H,24,27)/t15?,18?,21-/m1/s1. The van der Waals surface area contributed by atoms with E-state index in [0.717, 1.165) is 28.6 Å². The van der Waals surface area contributed by atoms with Gasteiger partial charge >= 0.3 is 0 Å². The monoisotopic (exact) mass is 379 g/mol. The fourth-order valence-corrected chi connectivity index (χ4v) is 3.78. The molecule has 1 aliphatic carbocycles. The molecule has 1 aliphatic rings. The molecule has 2 aromatic heterocycles. The van der Waals surface area contributed by atoms with Crippen LogP contribution in [0.5, 0.6) is 0 Å². The number of pyridine rings is 1. The molecule has 1 fully saturated rings. The van der Waals surface area contributed by atoms with Crippen molar-refractivity contribution in [2.45, 2.75) is 45.3 Å². The highest BCUT2D eigenvalue weighted by Gasteiger charge is 2.36. The van der Waals surface area contributed by atoms with Gasteiger partial charge in [-0.15, -0.1) is 0 Å². The molecular weight excluding hydrogens is 354 g/mol. The Labute approximate surface area is 164 Å². The summed E-state index contributed by atoms with van der Waals surface area (Å²) < 4.78 is 5.26. The molecule has 28 heavy (non-hydrogen) atoms. The molecule has 1 saturated carbocycles. The van der Waals surface area contributed by atoms with Gasteiger partial charge in [-0.05, 0) is 48.8 Å². The average molecular weight is 379 g/mol. The Hall–Kier alpha value is -2.73. The maximum absolute atomic E-state index is 12.8. The van der Waals surface area contributed by atoms with Crippen LogP contribution in [0.25, 0.3) is 10.9 Å². The summed E-state index contributed by atoms with van der Waals surface area (Å²) in [6.07, 6.45) is 3.59. The lowest BCUT2D eigenvalue weighted by Gasteiger charge is -2.38. The first-order valence-electron chi connectivity index (χ1n) is 9.79. The van der Waals surface area contributed by atoms with Crippen molar-refractivity contribution in [3.63, 3.8) is 0 Å². The summed E-state index contributed by atoms with van der Waals surface area (Å²) in [6, 6.07) is 11.4. The number of nitrogens with zero attached hydrogens (tertiary/aromatic N) is 2. The second-order valence-corrected chi connectivity index (χ2v) is 8.08. The van der Waals surface area contributed by atoms with E-state index < -0.39 is 0 Å². The molecule has 0 bridgehead atoms. The first-order valence-corrected chi connectivity index (χ1v) is 9.79. The molecule has 4 rings (SSSR count). The third-order valence-corrected chi connectivity index (χ3v) is 5.28. The number of nitrogens with one attached hydrogen (secondary N) is 1. The van der Waals surface area contributed by atoms with Crippen molar-refractivity contribution >= 4 is 16.8 Å². The van der Waals surface area contributed by atoms with Crippen molar-refractivity contribution in [2.75, 3.05) is 0 Å². The number of fused-ring (bicyclic) bond motifs is 1. The van der Waals surface area contributed by atoms with Gasteiger partial charge in [-0.3, -0.25) is 9.78 Å². The Balaban J connectivity index is 1.57. The summed E-state index contributed by atoms with van der Waals surface area (Å²) in [6.45, 7) is 4.19. The van der Waals surface area contributed by atoms with Gasteiger partial charge in [0.05, 0.1) is 23.4 Å². The molecule has 0 unspecified atom stereocenters. The summed E-state index contributed by atoms with van der Waals surface area (Å²) in [5.74, 6) is 0.533. The van der Waals surface area contributed by atoms with Gasteiger partial charge in [0, 0.05) is 17.6 Å². The van der Waals surface area contributed by atoms with E-state index >= 15 is 0 Å². The number of carbonyl (C=O) groups is 1. The van der Waals surface area contributed by atoms with E-state index in [2.05, 4.69) is 35.4 Å². The number of hydrogen-bond donors (Lipinski definition) is 2. The minimum Gasteiger partial charge on any atom is -0.393 e. The summed E-state index contributed by atoms with van der Waals surface area (Å²) in [5, 5.41) is 17.9.